The van der Waals surface area contributed by atoms with Crippen LogP contribution in [-0.4, -0.2) is 59.3 Å². The number of amides is 1. The summed E-state index contributed by atoms with van der Waals surface area (Å²) >= 11 is 0. The number of halogens is 3. The molecule has 0 N–H and O–H groups in total. The summed E-state index contributed by atoms with van der Waals surface area (Å²) in [5.41, 5.74) is 2.73. The van der Waals surface area contributed by atoms with Crippen molar-refractivity contribution in [3.05, 3.63) is 77.1 Å². The molecule has 5 rings (SSSR count). The summed E-state index contributed by atoms with van der Waals surface area (Å²) in [7, 11) is 0. The van der Waals surface area contributed by atoms with Gasteiger partial charge < -0.3 is 14.5 Å². The number of benzene rings is 2. The van der Waals surface area contributed by atoms with Gasteiger partial charge in [0.1, 0.15) is 0 Å². The second kappa shape index (κ2) is 9.67. The van der Waals surface area contributed by atoms with Gasteiger partial charge in [-0.25, -0.2) is 9.48 Å². The van der Waals surface area contributed by atoms with Crippen LogP contribution in [0.5, 0.6) is 0 Å². The number of nitrogens with zero attached hydrogens (tertiary/aromatic N) is 4. The molecule has 2 aromatic carbocycles. The van der Waals surface area contributed by atoms with Gasteiger partial charge in [0.25, 0.3) is 5.91 Å². The molecule has 0 spiro atoms. The van der Waals surface area contributed by atoms with Crippen molar-refractivity contribution in [3.63, 3.8) is 0 Å². The van der Waals surface area contributed by atoms with E-state index in [-0.39, 0.29) is 11.6 Å². The van der Waals surface area contributed by atoms with E-state index in [2.05, 4.69) is 5.10 Å². The third-order valence-electron chi connectivity index (χ3n) is 6.62. The van der Waals surface area contributed by atoms with Crippen molar-refractivity contribution in [2.24, 2.45) is 0 Å². The topological polar surface area (TPSA) is 67.7 Å². The van der Waals surface area contributed by atoms with E-state index in [9.17, 15) is 22.8 Å². The van der Waals surface area contributed by atoms with Crippen LogP contribution in [0.3, 0.4) is 0 Å². The highest BCUT2D eigenvalue weighted by Crippen LogP contribution is 2.32. The molecule has 188 valence electrons. The molecule has 0 bridgehead atoms. The van der Waals surface area contributed by atoms with E-state index in [0.717, 1.165) is 48.3 Å². The lowest BCUT2D eigenvalue weighted by atomic mass is 10.1. The average Bonchev–Trinajstić information content (AvgIpc) is 3.50. The molecule has 10 heteroatoms. The first-order valence-corrected chi connectivity index (χ1v) is 11.8. The normalized spacial score (nSPS) is 15.6. The molecule has 3 aromatic rings. The van der Waals surface area contributed by atoms with E-state index in [0.29, 0.717) is 31.9 Å². The lowest BCUT2D eigenvalue weighted by Crippen LogP contribution is -2.50. The number of ether oxygens (including phenoxy) is 1. The number of piperazine rings is 1. The fourth-order valence-electron chi connectivity index (χ4n) is 4.76. The van der Waals surface area contributed by atoms with Crippen molar-refractivity contribution in [1.29, 1.82) is 0 Å². The van der Waals surface area contributed by atoms with E-state index in [1.54, 1.807) is 15.6 Å². The summed E-state index contributed by atoms with van der Waals surface area (Å²) in [6.45, 7) is 1.01. The number of hydrogen-bond acceptors (Lipinski definition) is 5. The Kier molecular flexibility index (Phi) is 6.42. The zero-order chi connectivity index (χ0) is 25.3. The lowest BCUT2D eigenvalue weighted by Gasteiger charge is -2.36. The number of carbonyl (C=O) groups excluding carboxylic acids is 2. The van der Waals surface area contributed by atoms with Gasteiger partial charge in [-0.1, -0.05) is 24.3 Å². The smallest absolute Gasteiger partial charge is 0.416 e. The third kappa shape index (κ3) is 4.80. The van der Waals surface area contributed by atoms with Crippen LogP contribution in [-0.2, 0) is 28.5 Å². The fraction of sp³-hybridized carbons (Fsp3) is 0.346. The highest BCUT2D eigenvalue weighted by atomic mass is 19.4. The molecule has 1 aliphatic heterocycles. The Labute approximate surface area is 206 Å². The molecule has 1 saturated heterocycles. The van der Waals surface area contributed by atoms with E-state index in [1.165, 1.54) is 6.07 Å². The Morgan fingerprint density at radius 3 is 2.36 bits per heavy atom. The van der Waals surface area contributed by atoms with Gasteiger partial charge in [-0.2, -0.15) is 18.3 Å². The predicted molar refractivity (Wildman–Crippen MR) is 126 cm³/mol. The minimum atomic E-state index is -4.41. The largest absolute Gasteiger partial charge is 0.451 e. The second-order valence-electron chi connectivity index (χ2n) is 8.87. The van der Waals surface area contributed by atoms with Gasteiger partial charge in [-0.05, 0) is 49.6 Å². The number of aromatic nitrogens is 2. The van der Waals surface area contributed by atoms with E-state index in [4.69, 9.17) is 4.74 Å². The van der Waals surface area contributed by atoms with Gasteiger partial charge in [-0.3, -0.25) is 4.79 Å². The van der Waals surface area contributed by atoms with E-state index < -0.39 is 24.3 Å². The predicted octanol–water partition coefficient (Wildman–Crippen LogP) is 3.89. The quantitative estimate of drug-likeness (QED) is 0.500. The standard InChI is InChI=1S/C26H25F3N4O3/c27-26(28,29)18-6-4-9-20(16-18)31-12-14-32(15-13-31)23(34)17-36-25(35)24-21-10-5-11-22(21)33(30-24)19-7-2-1-3-8-19/h1-4,6-9,16H,5,10-15,17H2. The molecule has 0 atom stereocenters. The van der Waals surface area contributed by atoms with Crippen LogP contribution in [0.2, 0.25) is 0 Å². The highest BCUT2D eigenvalue weighted by molar-refractivity contribution is 5.91. The number of esters is 1. The van der Waals surface area contributed by atoms with Crippen molar-refractivity contribution in [1.82, 2.24) is 14.7 Å². The molecule has 2 aliphatic rings. The molecule has 1 fully saturated rings. The maximum absolute atomic E-state index is 13.0. The number of anilines is 1. The number of carbonyl (C=O) groups is 2. The maximum atomic E-state index is 13.0. The number of hydrogen-bond donors (Lipinski definition) is 0. The molecule has 1 aliphatic carbocycles. The highest BCUT2D eigenvalue weighted by Gasteiger charge is 2.32. The molecule has 1 amide bonds. The third-order valence-corrected chi connectivity index (χ3v) is 6.62. The SMILES string of the molecule is O=C(OCC(=O)N1CCN(c2cccc(C(F)(F)F)c2)CC1)c1nn(-c2ccccc2)c2c1CCC2. The summed E-state index contributed by atoms with van der Waals surface area (Å²) in [5.74, 6) is -0.968. The van der Waals surface area contributed by atoms with Gasteiger partial charge >= 0.3 is 12.1 Å². The molecular formula is C26H25F3N4O3. The molecule has 1 aromatic heterocycles. The summed E-state index contributed by atoms with van der Waals surface area (Å²) in [5, 5.41) is 4.49. The van der Waals surface area contributed by atoms with Gasteiger partial charge in [0.2, 0.25) is 0 Å². The minimum Gasteiger partial charge on any atom is -0.451 e. The molecular weight excluding hydrogens is 473 g/mol. The minimum absolute atomic E-state index is 0.244. The number of rotatable bonds is 5. The average molecular weight is 499 g/mol. The molecule has 0 radical (unpaired) electrons. The molecule has 0 saturated carbocycles. The Balaban J connectivity index is 1.18. The summed E-state index contributed by atoms with van der Waals surface area (Å²) in [4.78, 5) is 28.9. The number of alkyl halides is 3. The molecule has 0 unspecified atom stereocenters. The fourth-order valence-corrected chi connectivity index (χ4v) is 4.76. The molecule has 2 heterocycles. The summed E-state index contributed by atoms with van der Waals surface area (Å²) in [6.07, 6.45) is -1.93. The van der Waals surface area contributed by atoms with E-state index in [1.807, 2.05) is 35.2 Å². The monoisotopic (exact) mass is 498 g/mol. The van der Waals surface area contributed by atoms with Gasteiger partial charge in [0.15, 0.2) is 12.3 Å². The van der Waals surface area contributed by atoms with Crippen LogP contribution in [0.1, 0.15) is 33.7 Å². The number of para-hydroxylation sites is 1. The Morgan fingerprint density at radius 2 is 1.64 bits per heavy atom. The van der Waals surface area contributed by atoms with Crippen LogP contribution in [0.15, 0.2) is 54.6 Å². The summed E-state index contributed by atoms with van der Waals surface area (Å²) in [6, 6.07) is 14.7. The Hall–Kier alpha value is -3.82. The van der Waals surface area contributed by atoms with Gasteiger partial charge in [-0.15, -0.1) is 0 Å². The summed E-state index contributed by atoms with van der Waals surface area (Å²) < 4.78 is 46.2. The van der Waals surface area contributed by atoms with Crippen molar-refractivity contribution >= 4 is 17.6 Å². The molecule has 7 nitrogen and oxygen atoms in total. The number of fused-ring (bicyclic) bond motifs is 1. The van der Waals surface area contributed by atoms with Crippen molar-refractivity contribution < 1.29 is 27.5 Å². The zero-order valence-corrected chi connectivity index (χ0v) is 19.5. The van der Waals surface area contributed by atoms with Crippen LogP contribution < -0.4 is 4.90 Å². The van der Waals surface area contributed by atoms with Crippen molar-refractivity contribution in [2.75, 3.05) is 37.7 Å². The first kappa shape index (κ1) is 23.9. The van der Waals surface area contributed by atoms with Gasteiger partial charge in [0, 0.05) is 43.1 Å². The van der Waals surface area contributed by atoms with Crippen LogP contribution in [0.25, 0.3) is 5.69 Å². The zero-order valence-electron chi connectivity index (χ0n) is 19.5. The van der Waals surface area contributed by atoms with E-state index >= 15 is 0 Å². The second-order valence-corrected chi connectivity index (χ2v) is 8.87. The first-order chi connectivity index (χ1) is 17.3. The lowest BCUT2D eigenvalue weighted by molar-refractivity contribution is -0.137. The Bertz CT molecular complexity index is 1270. The Morgan fingerprint density at radius 1 is 0.917 bits per heavy atom. The van der Waals surface area contributed by atoms with Crippen molar-refractivity contribution in [3.8, 4) is 5.69 Å². The van der Waals surface area contributed by atoms with Crippen molar-refractivity contribution in [2.45, 2.75) is 25.4 Å². The van der Waals surface area contributed by atoms with Gasteiger partial charge in [0.05, 0.1) is 11.3 Å². The maximum Gasteiger partial charge on any atom is 0.416 e. The van der Waals surface area contributed by atoms with Crippen LogP contribution >= 0.6 is 0 Å². The van der Waals surface area contributed by atoms with Crippen LogP contribution in [0.4, 0.5) is 18.9 Å². The van der Waals surface area contributed by atoms with Crippen LogP contribution in [0, 0.1) is 0 Å². The molecule has 36 heavy (non-hydrogen) atoms. The first-order valence-electron chi connectivity index (χ1n) is 11.8.